The van der Waals surface area contributed by atoms with Gasteiger partial charge in [0.15, 0.2) is 5.88 Å². The largest absolute Gasteiger partial charge is 0.482 e. The van der Waals surface area contributed by atoms with Crippen molar-refractivity contribution in [2.75, 3.05) is 59.8 Å². The SMILES string of the molecule is COc1[nH]c(C)c(C(=O)N2CCOCCOCCOCC2)c1C. The molecule has 1 aromatic heterocycles. The molecule has 23 heavy (non-hydrogen) atoms. The van der Waals surface area contributed by atoms with Gasteiger partial charge in [-0.2, -0.15) is 0 Å². The summed E-state index contributed by atoms with van der Waals surface area (Å²) in [4.78, 5) is 17.8. The van der Waals surface area contributed by atoms with Crippen molar-refractivity contribution in [3.63, 3.8) is 0 Å². The maximum Gasteiger partial charge on any atom is 0.256 e. The van der Waals surface area contributed by atoms with E-state index in [0.717, 1.165) is 11.3 Å². The van der Waals surface area contributed by atoms with Crippen molar-refractivity contribution in [2.24, 2.45) is 0 Å². The Balaban J connectivity index is 2.08. The van der Waals surface area contributed by atoms with Gasteiger partial charge in [0, 0.05) is 24.3 Å². The van der Waals surface area contributed by atoms with Crippen LogP contribution >= 0.6 is 0 Å². The molecule has 1 amide bonds. The molecule has 7 nitrogen and oxygen atoms in total. The van der Waals surface area contributed by atoms with Crippen molar-refractivity contribution in [1.82, 2.24) is 9.88 Å². The first kappa shape index (κ1) is 17.8. The Morgan fingerprint density at radius 1 is 1.00 bits per heavy atom. The number of carbonyl (C=O) groups is 1. The highest BCUT2D eigenvalue weighted by molar-refractivity contribution is 5.97. The molecule has 2 heterocycles. The van der Waals surface area contributed by atoms with Crippen molar-refractivity contribution in [3.05, 3.63) is 16.8 Å². The minimum Gasteiger partial charge on any atom is -0.482 e. The molecule has 0 radical (unpaired) electrons. The zero-order valence-corrected chi connectivity index (χ0v) is 14.1. The fourth-order valence-corrected chi connectivity index (χ4v) is 2.61. The van der Waals surface area contributed by atoms with Crippen LogP contribution in [0.3, 0.4) is 0 Å². The standard InChI is InChI=1S/C16H26N2O5/c1-12-14(13(2)17-15(12)20-3)16(19)18-4-6-21-8-10-23-11-9-22-7-5-18/h17H,4-11H2,1-3H3. The lowest BCUT2D eigenvalue weighted by atomic mass is 10.1. The summed E-state index contributed by atoms with van der Waals surface area (Å²) in [5.41, 5.74) is 2.30. The van der Waals surface area contributed by atoms with E-state index in [1.165, 1.54) is 0 Å². The van der Waals surface area contributed by atoms with Gasteiger partial charge in [-0.15, -0.1) is 0 Å². The lowest BCUT2D eigenvalue weighted by Gasteiger charge is -2.23. The molecule has 0 unspecified atom stereocenters. The molecule has 0 bridgehead atoms. The second-order valence-electron chi connectivity index (χ2n) is 5.41. The van der Waals surface area contributed by atoms with Crippen LogP contribution in [0.15, 0.2) is 0 Å². The molecule has 0 aromatic carbocycles. The van der Waals surface area contributed by atoms with Crippen LogP contribution in [-0.2, 0) is 14.2 Å². The minimum atomic E-state index is -0.0277. The quantitative estimate of drug-likeness (QED) is 0.882. The Hall–Kier alpha value is -1.57. The molecule has 0 saturated carbocycles. The van der Waals surface area contributed by atoms with E-state index < -0.39 is 0 Å². The third-order valence-corrected chi connectivity index (χ3v) is 3.85. The molecule has 7 heteroatoms. The van der Waals surface area contributed by atoms with Gasteiger partial charge in [-0.25, -0.2) is 0 Å². The number of nitrogens with zero attached hydrogens (tertiary/aromatic N) is 1. The predicted octanol–water partition coefficient (Wildman–Crippen LogP) is 1.15. The Kier molecular flexibility index (Phi) is 6.88. The first-order valence-electron chi connectivity index (χ1n) is 7.90. The average molecular weight is 326 g/mol. The highest BCUT2D eigenvalue weighted by Gasteiger charge is 2.23. The monoisotopic (exact) mass is 326 g/mol. The van der Waals surface area contributed by atoms with Gasteiger partial charge in [0.05, 0.1) is 52.3 Å². The van der Waals surface area contributed by atoms with E-state index in [9.17, 15) is 4.79 Å². The van der Waals surface area contributed by atoms with Gasteiger partial charge in [0.1, 0.15) is 0 Å². The number of H-pyrrole nitrogens is 1. The Morgan fingerprint density at radius 3 is 2.00 bits per heavy atom. The van der Waals surface area contributed by atoms with Gasteiger partial charge in [-0.05, 0) is 13.8 Å². The van der Waals surface area contributed by atoms with Crippen LogP contribution in [0.4, 0.5) is 0 Å². The van der Waals surface area contributed by atoms with Gasteiger partial charge in [-0.3, -0.25) is 4.79 Å². The van der Waals surface area contributed by atoms with Gasteiger partial charge in [-0.1, -0.05) is 0 Å². The fraction of sp³-hybridized carbons (Fsp3) is 0.688. The molecule has 1 N–H and O–H groups in total. The maximum atomic E-state index is 12.9. The van der Waals surface area contributed by atoms with Gasteiger partial charge < -0.3 is 28.8 Å². The lowest BCUT2D eigenvalue weighted by Crippen LogP contribution is -2.37. The predicted molar refractivity (Wildman–Crippen MR) is 85.2 cm³/mol. The van der Waals surface area contributed by atoms with Crippen LogP contribution in [0.25, 0.3) is 0 Å². The number of hydrogen-bond donors (Lipinski definition) is 1. The van der Waals surface area contributed by atoms with Crippen LogP contribution in [-0.4, -0.2) is 75.6 Å². The number of amides is 1. The molecular weight excluding hydrogens is 300 g/mol. The number of aryl methyl sites for hydroxylation is 1. The molecule has 1 aliphatic rings. The number of nitrogens with one attached hydrogen (secondary N) is 1. The van der Waals surface area contributed by atoms with Gasteiger partial charge >= 0.3 is 0 Å². The number of methoxy groups -OCH3 is 1. The molecule has 0 spiro atoms. The normalized spacial score (nSPS) is 18.1. The second kappa shape index (κ2) is 8.90. The molecule has 1 fully saturated rings. The van der Waals surface area contributed by atoms with Crippen LogP contribution in [0.1, 0.15) is 21.6 Å². The third kappa shape index (κ3) is 4.70. The Labute approximate surface area is 136 Å². The molecule has 130 valence electrons. The number of aromatic nitrogens is 1. The van der Waals surface area contributed by atoms with Crippen molar-refractivity contribution < 1.29 is 23.7 Å². The van der Waals surface area contributed by atoms with E-state index in [4.69, 9.17) is 18.9 Å². The van der Waals surface area contributed by atoms with Crippen molar-refractivity contribution in [2.45, 2.75) is 13.8 Å². The van der Waals surface area contributed by atoms with E-state index >= 15 is 0 Å². The molecule has 1 saturated heterocycles. The number of ether oxygens (including phenoxy) is 4. The lowest BCUT2D eigenvalue weighted by molar-refractivity contribution is -0.00436. The molecule has 2 rings (SSSR count). The number of hydrogen-bond acceptors (Lipinski definition) is 5. The first-order valence-corrected chi connectivity index (χ1v) is 7.90. The number of rotatable bonds is 2. The van der Waals surface area contributed by atoms with Gasteiger partial charge in [0.25, 0.3) is 5.91 Å². The number of carbonyl (C=O) groups excluding carboxylic acids is 1. The fourth-order valence-electron chi connectivity index (χ4n) is 2.61. The Bertz CT molecular complexity index is 503. The highest BCUT2D eigenvalue weighted by atomic mass is 16.5. The van der Waals surface area contributed by atoms with E-state index in [0.29, 0.717) is 64.2 Å². The van der Waals surface area contributed by atoms with Crippen LogP contribution in [0, 0.1) is 13.8 Å². The second-order valence-corrected chi connectivity index (χ2v) is 5.41. The maximum absolute atomic E-state index is 12.9. The zero-order chi connectivity index (χ0) is 16.7. The average Bonchev–Trinajstić information content (AvgIpc) is 2.81. The summed E-state index contributed by atoms with van der Waals surface area (Å²) in [6.07, 6.45) is 0. The van der Waals surface area contributed by atoms with Crippen LogP contribution in [0.2, 0.25) is 0 Å². The molecule has 1 aliphatic heterocycles. The summed E-state index contributed by atoms with van der Waals surface area (Å²) in [6, 6.07) is 0. The molecule has 0 aliphatic carbocycles. The minimum absolute atomic E-state index is 0.0277. The van der Waals surface area contributed by atoms with E-state index in [2.05, 4.69) is 4.98 Å². The smallest absolute Gasteiger partial charge is 0.256 e. The molecular formula is C16H26N2O5. The number of aromatic amines is 1. The summed E-state index contributed by atoms with van der Waals surface area (Å²) in [5, 5.41) is 0. The van der Waals surface area contributed by atoms with Crippen molar-refractivity contribution in [1.29, 1.82) is 0 Å². The van der Waals surface area contributed by atoms with E-state index in [-0.39, 0.29) is 5.91 Å². The summed E-state index contributed by atoms with van der Waals surface area (Å²) in [6.45, 7) is 7.91. The van der Waals surface area contributed by atoms with Gasteiger partial charge in [0.2, 0.25) is 0 Å². The summed E-state index contributed by atoms with van der Waals surface area (Å²) in [7, 11) is 1.59. The van der Waals surface area contributed by atoms with E-state index in [1.54, 1.807) is 12.0 Å². The summed E-state index contributed by atoms with van der Waals surface area (Å²) >= 11 is 0. The molecule has 1 aromatic rings. The third-order valence-electron chi connectivity index (χ3n) is 3.85. The molecule has 0 atom stereocenters. The van der Waals surface area contributed by atoms with Crippen LogP contribution in [0.5, 0.6) is 5.88 Å². The Morgan fingerprint density at radius 2 is 1.52 bits per heavy atom. The van der Waals surface area contributed by atoms with E-state index in [1.807, 2.05) is 13.8 Å². The van der Waals surface area contributed by atoms with Crippen LogP contribution < -0.4 is 4.74 Å². The first-order chi connectivity index (χ1) is 11.1. The zero-order valence-electron chi connectivity index (χ0n) is 14.1. The van der Waals surface area contributed by atoms with Crippen molar-refractivity contribution in [3.8, 4) is 5.88 Å². The summed E-state index contributed by atoms with van der Waals surface area (Å²) < 4.78 is 21.6. The summed E-state index contributed by atoms with van der Waals surface area (Å²) in [5.74, 6) is 0.602. The highest BCUT2D eigenvalue weighted by Crippen LogP contribution is 2.25. The topological polar surface area (TPSA) is 73.0 Å². The van der Waals surface area contributed by atoms with Crippen molar-refractivity contribution >= 4 is 5.91 Å².